The maximum absolute atomic E-state index is 13.0. The van der Waals surface area contributed by atoms with Crippen LogP contribution in [0.2, 0.25) is 0 Å². The van der Waals surface area contributed by atoms with Crippen molar-refractivity contribution < 1.29 is 8.42 Å². The predicted molar refractivity (Wildman–Crippen MR) is 92.7 cm³/mol. The van der Waals surface area contributed by atoms with Crippen molar-refractivity contribution in [1.82, 2.24) is 4.31 Å². The van der Waals surface area contributed by atoms with Crippen molar-refractivity contribution in [2.45, 2.75) is 50.1 Å². The van der Waals surface area contributed by atoms with Crippen molar-refractivity contribution in [3.63, 3.8) is 0 Å². The van der Waals surface area contributed by atoms with E-state index in [1.807, 2.05) is 49.4 Å². The Morgan fingerprint density at radius 3 is 2.26 bits per heavy atom. The molecule has 3 nitrogen and oxygen atoms in total. The van der Waals surface area contributed by atoms with Crippen LogP contribution in [0.1, 0.15) is 43.4 Å². The smallest absolute Gasteiger partial charge is 0.207 e. The molecule has 1 aliphatic rings. The number of sulfonamides is 1. The lowest BCUT2D eigenvalue weighted by Crippen LogP contribution is -2.15. The van der Waals surface area contributed by atoms with Crippen LogP contribution < -0.4 is 0 Å². The van der Waals surface area contributed by atoms with E-state index in [0.29, 0.717) is 4.90 Å². The van der Waals surface area contributed by atoms with E-state index < -0.39 is 10.0 Å². The molecule has 0 saturated carbocycles. The third kappa shape index (κ3) is 3.19. The van der Waals surface area contributed by atoms with Crippen molar-refractivity contribution in [2.24, 2.45) is 0 Å². The Kier molecular flexibility index (Phi) is 4.55. The molecule has 1 aliphatic heterocycles. The van der Waals surface area contributed by atoms with E-state index in [0.717, 1.165) is 30.4 Å². The van der Waals surface area contributed by atoms with Gasteiger partial charge in [0.1, 0.15) is 0 Å². The molecule has 122 valence electrons. The monoisotopic (exact) mass is 329 g/mol. The molecule has 2 aromatic carbocycles. The van der Waals surface area contributed by atoms with Gasteiger partial charge in [-0.3, -0.25) is 0 Å². The zero-order valence-electron chi connectivity index (χ0n) is 13.6. The van der Waals surface area contributed by atoms with Crippen LogP contribution in [0.5, 0.6) is 0 Å². The first-order chi connectivity index (χ1) is 11.1. The van der Waals surface area contributed by atoms with Gasteiger partial charge in [0.05, 0.1) is 10.9 Å². The van der Waals surface area contributed by atoms with Crippen LogP contribution in [-0.2, 0) is 10.0 Å². The summed E-state index contributed by atoms with van der Waals surface area (Å²) in [5.74, 6) is 0. The SMILES string of the molecule is CCCC[C@H]1[C@H](c2ccccc2)N1S(=O)(=O)c1ccc(C)cc1. The van der Waals surface area contributed by atoms with Crippen LogP contribution in [0.15, 0.2) is 59.5 Å². The fourth-order valence-electron chi connectivity index (χ4n) is 3.13. The summed E-state index contributed by atoms with van der Waals surface area (Å²) in [5, 5.41) is 0. The summed E-state index contributed by atoms with van der Waals surface area (Å²) in [5.41, 5.74) is 2.15. The van der Waals surface area contributed by atoms with Gasteiger partial charge in [-0.2, -0.15) is 4.31 Å². The maximum Gasteiger partial charge on any atom is 0.244 e. The summed E-state index contributed by atoms with van der Waals surface area (Å²) >= 11 is 0. The van der Waals surface area contributed by atoms with E-state index in [-0.39, 0.29) is 12.1 Å². The normalized spacial score (nSPS) is 23.7. The Balaban J connectivity index is 1.91. The van der Waals surface area contributed by atoms with Gasteiger partial charge in [0.25, 0.3) is 0 Å². The molecule has 0 radical (unpaired) electrons. The molecule has 1 unspecified atom stereocenters. The highest BCUT2D eigenvalue weighted by molar-refractivity contribution is 7.89. The van der Waals surface area contributed by atoms with Crippen molar-refractivity contribution in [3.05, 3.63) is 65.7 Å². The highest BCUT2D eigenvalue weighted by atomic mass is 32.2. The average molecular weight is 329 g/mol. The molecule has 3 rings (SSSR count). The first-order valence-electron chi connectivity index (χ1n) is 8.21. The second-order valence-electron chi connectivity index (χ2n) is 6.21. The Labute approximate surface area is 139 Å². The molecule has 0 aliphatic carbocycles. The van der Waals surface area contributed by atoms with Crippen LogP contribution in [0, 0.1) is 6.92 Å². The summed E-state index contributed by atoms with van der Waals surface area (Å²) in [6, 6.07) is 17.2. The molecule has 0 spiro atoms. The van der Waals surface area contributed by atoms with E-state index in [1.165, 1.54) is 0 Å². The van der Waals surface area contributed by atoms with Crippen molar-refractivity contribution in [3.8, 4) is 0 Å². The van der Waals surface area contributed by atoms with Crippen LogP contribution >= 0.6 is 0 Å². The van der Waals surface area contributed by atoms with E-state index in [4.69, 9.17) is 0 Å². The van der Waals surface area contributed by atoms with Gasteiger partial charge in [-0.25, -0.2) is 8.42 Å². The van der Waals surface area contributed by atoms with Gasteiger partial charge in [0, 0.05) is 6.04 Å². The molecular formula is C19H23NO2S. The van der Waals surface area contributed by atoms with Crippen LogP contribution in [0.4, 0.5) is 0 Å². The molecule has 1 heterocycles. The van der Waals surface area contributed by atoms with E-state index >= 15 is 0 Å². The molecular weight excluding hydrogens is 306 g/mol. The molecule has 0 bridgehead atoms. The maximum atomic E-state index is 13.0. The average Bonchev–Trinajstić information content (AvgIpc) is 3.29. The first-order valence-corrected chi connectivity index (χ1v) is 9.65. The van der Waals surface area contributed by atoms with Gasteiger partial charge in [-0.15, -0.1) is 0 Å². The Hall–Kier alpha value is -1.65. The van der Waals surface area contributed by atoms with Crippen LogP contribution in [-0.4, -0.2) is 18.8 Å². The standard InChI is InChI=1S/C19H23NO2S/c1-3-4-10-18-19(16-8-6-5-7-9-16)20(18)23(21,22)17-13-11-15(2)12-14-17/h5-9,11-14,18-19H,3-4,10H2,1-2H3/t18-,19-,20?/m0/s1. The van der Waals surface area contributed by atoms with Gasteiger partial charge >= 0.3 is 0 Å². The first kappa shape index (κ1) is 16.2. The lowest BCUT2D eigenvalue weighted by atomic mass is 10.1. The van der Waals surface area contributed by atoms with Crippen molar-refractivity contribution in [1.29, 1.82) is 0 Å². The molecule has 0 aromatic heterocycles. The number of benzene rings is 2. The summed E-state index contributed by atoms with van der Waals surface area (Å²) in [6.45, 7) is 4.10. The number of unbranched alkanes of at least 4 members (excludes halogenated alkanes) is 1. The summed E-state index contributed by atoms with van der Waals surface area (Å²) in [7, 11) is -3.43. The highest BCUT2D eigenvalue weighted by Gasteiger charge is 2.55. The van der Waals surface area contributed by atoms with Gasteiger partial charge < -0.3 is 0 Å². The quantitative estimate of drug-likeness (QED) is 0.741. The Morgan fingerprint density at radius 2 is 1.65 bits per heavy atom. The molecule has 23 heavy (non-hydrogen) atoms. The Morgan fingerprint density at radius 1 is 1.00 bits per heavy atom. The summed E-state index contributed by atoms with van der Waals surface area (Å²) < 4.78 is 27.7. The summed E-state index contributed by atoms with van der Waals surface area (Å²) in [4.78, 5) is 0.392. The van der Waals surface area contributed by atoms with Crippen LogP contribution in [0.25, 0.3) is 0 Å². The fourth-order valence-corrected chi connectivity index (χ4v) is 4.94. The second-order valence-corrected chi connectivity index (χ2v) is 8.06. The Bertz CT molecular complexity index is 754. The number of hydrogen-bond acceptors (Lipinski definition) is 2. The van der Waals surface area contributed by atoms with E-state index in [1.54, 1.807) is 16.4 Å². The van der Waals surface area contributed by atoms with Gasteiger partial charge in [0.15, 0.2) is 0 Å². The molecule has 4 heteroatoms. The van der Waals surface area contributed by atoms with Gasteiger partial charge in [-0.1, -0.05) is 67.8 Å². The minimum Gasteiger partial charge on any atom is -0.207 e. The minimum absolute atomic E-state index is 0.0194. The zero-order chi connectivity index (χ0) is 16.4. The molecule has 1 fully saturated rings. The second kappa shape index (κ2) is 6.46. The number of nitrogens with zero attached hydrogens (tertiary/aromatic N) is 1. The van der Waals surface area contributed by atoms with Gasteiger partial charge in [-0.05, 0) is 31.0 Å². The largest absolute Gasteiger partial charge is 0.244 e. The minimum atomic E-state index is -3.43. The topological polar surface area (TPSA) is 37.1 Å². The molecule has 0 N–H and O–H groups in total. The highest BCUT2D eigenvalue weighted by Crippen LogP contribution is 2.49. The number of rotatable bonds is 6. The van der Waals surface area contributed by atoms with Crippen LogP contribution in [0.3, 0.4) is 0 Å². The van der Waals surface area contributed by atoms with Gasteiger partial charge in [0.2, 0.25) is 10.0 Å². The third-order valence-electron chi connectivity index (χ3n) is 4.47. The molecule has 1 saturated heterocycles. The third-order valence-corrected chi connectivity index (χ3v) is 6.39. The number of hydrogen-bond donors (Lipinski definition) is 0. The molecule has 2 aromatic rings. The van der Waals surface area contributed by atoms with E-state index in [2.05, 4.69) is 6.92 Å². The number of aryl methyl sites for hydroxylation is 1. The molecule has 0 amide bonds. The fraction of sp³-hybridized carbons (Fsp3) is 0.368. The predicted octanol–water partition coefficient (Wildman–Crippen LogP) is 4.30. The lowest BCUT2D eigenvalue weighted by molar-refractivity contribution is 0.538. The zero-order valence-corrected chi connectivity index (χ0v) is 14.5. The summed E-state index contributed by atoms with van der Waals surface area (Å²) in [6.07, 6.45) is 3.05. The molecule has 3 atom stereocenters. The lowest BCUT2D eigenvalue weighted by Gasteiger charge is -2.07. The van der Waals surface area contributed by atoms with Crippen molar-refractivity contribution >= 4 is 10.0 Å². The van der Waals surface area contributed by atoms with E-state index in [9.17, 15) is 8.42 Å². The van der Waals surface area contributed by atoms with Crippen molar-refractivity contribution in [2.75, 3.05) is 0 Å².